The molecule has 0 amide bonds. The topological polar surface area (TPSA) is 46.9 Å². The number of rotatable bonds is 3. The molecule has 4 nitrogen and oxygen atoms in total. The van der Waals surface area contributed by atoms with Crippen LogP contribution in [0.3, 0.4) is 0 Å². The number of anilines is 1. The standard InChI is InChI=1S/C13H13BrClN3O/c1-8(9-4-3-5-10(15)6-9)17-11-7-16-18(2)13(19)12(11)14/h3-8,17H,1-2H3. The quantitative estimate of drug-likeness (QED) is 0.930. The fourth-order valence-corrected chi connectivity index (χ4v) is 2.38. The molecule has 0 fully saturated rings. The number of hydrogen-bond donors (Lipinski definition) is 1. The molecule has 0 bridgehead atoms. The number of nitrogens with one attached hydrogen (secondary N) is 1. The molecule has 0 aliphatic heterocycles. The normalized spacial score (nSPS) is 12.2. The predicted octanol–water partition coefficient (Wildman–Crippen LogP) is 3.37. The average Bonchev–Trinajstić information content (AvgIpc) is 2.39. The Morgan fingerprint density at radius 3 is 2.89 bits per heavy atom. The van der Waals surface area contributed by atoms with Crippen LogP contribution in [0.4, 0.5) is 5.69 Å². The van der Waals surface area contributed by atoms with Crippen molar-refractivity contribution in [3.05, 3.63) is 55.9 Å². The maximum atomic E-state index is 11.8. The summed E-state index contributed by atoms with van der Waals surface area (Å²) >= 11 is 9.25. The molecule has 100 valence electrons. The number of aryl methyl sites for hydroxylation is 1. The highest BCUT2D eigenvalue weighted by atomic mass is 79.9. The van der Waals surface area contributed by atoms with Gasteiger partial charge in [-0.25, -0.2) is 4.68 Å². The summed E-state index contributed by atoms with van der Waals surface area (Å²) in [4.78, 5) is 11.8. The van der Waals surface area contributed by atoms with Crippen molar-refractivity contribution in [2.75, 3.05) is 5.32 Å². The molecule has 0 radical (unpaired) electrons. The fraction of sp³-hybridized carbons (Fsp3) is 0.231. The highest BCUT2D eigenvalue weighted by Gasteiger charge is 2.11. The van der Waals surface area contributed by atoms with Crippen LogP contribution in [0.25, 0.3) is 0 Å². The molecule has 1 aromatic heterocycles. The molecule has 0 aliphatic rings. The van der Waals surface area contributed by atoms with Crippen LogP contribution < -0.4 is 10.9 Å². The summed E-state index contributed by atoms with van der Waals surface area (Å²) in [6.07, 6.45) is 1.62. The zero-order valence-corrected chi connectivity index (χ0v) is 12.9. The Hall–Kier alpha value is -1.33. The van der Waals surface area contributed by atoms with Gasteiger partial charge in [0.1, 0.15) is 4.47 Å². The Morgan fingerprint density at radius 2 is 2.21 bits per heavy atom. The molecular formula is C13H13BrClN3O. The predicted molar refractivity (Wildman–Crippen MR) is 80.7 cm³/mol. The number of nitrogens with zero attached hydrogens (tertiary/aromatic N) is 2. The third-order valence-electron chi connectivity index (χ3n) is 2.80. The summed E-state index contributed by atoms with van der Waals surface area (Å²) in [5.41, 5.74) is 1.53. The molecule has 6 heteroatoms. The van der Waals surface area contributed by atoms with E-state index in [4.69, 9.17) is 11.6 Å². The van der Waals surface area contributed by atoms with E-state index in [-0.39, 0.29) is 11.6 Å². The number of benzene rings is 1. The number of halogens is 2. The van der Waals surface area contributed by atoms with E-state index in [1.54, 1.807) is 13.2 Å². The van der Waals surface area contributed by atoms with Gasteiger partial charge in [0.05, 0.1) is 11.9 Å². The fourth-order valence-electron chi connectivity index (χ4n) is 1.70. The van der Waals surface area contributed by atoms with Crippen LogP contribution in [0, 0.1) is 0 Å². The minimum Gasteiger partial charge on any atom is -0.376 e. The minimum absolute atomic E-state index is 0.0175. The molecule has 1 atom stereocenters. The van der Waals surface area contributed by atoms with Crippen molar-refractivity contribution in [3.63, 3.8) is 0 Å². The van der Waals surface area contributed by atoms with Crippen LogP contribution >= 0.6 is 27.5 Å². The maximum Gasteiger partial charge on any atom is 0.282 e. The van der Waals surface area contributed by atoms with E-state index < -0.39 is 0 Å². The Labute approximate surface area is 124 Å². The van der Waals surface area contributed by atoms with Crippen molar-refractivity contribution < 1.29 is 0 Å². The second-order valence-electron chi connectivity index (χ2n) is 4.22. The number of aromatic nitrogens is 2. The van der Waals surface area contributed by atoms with Gasteiger partial charge in [-0.05, 0) is 40.5 Å². The van der Waals surface area contributed by atoms with Gasteiger partial charge in [-0.2, -0.15) is 5.10 Å². The second-order valence-corrected chi connectivity index (χ2v) is 5.45. The van der Waals surface area contributed by atoms with Crippen molar-refractivity contribution >= 4 is 33.2 Å². The molecule has 19 heavy (non-hydrogen) atoms. The molecule has 1 unspecified atom stereocenters. The van der Waals surface area contributed by atoms with Crippen LogP contribution in [0.15, 0.2) is 39.7 Å². The summed E-state index contributed by atoms with van der Waals surface area (Å²) in [6, 6.07) is 7.61. The lowest BCUT2D eigenvalue weighted by atomic mass is 10.1. The van der Waals surface area contributed by atoms with Gasteiger partial charge in [-0.15, -0.1) is 0 Å². The third kappa shape index (κ3) is 3.16. The zero-order chi connectivity index (χ0) is 14.0. The molecule has 1 heterocycles. The monoisotopic (exact) mass is 341 g/mol. The van der Waals surface area contributed by atoms with Gasteiger partial charge in [0, 0.05) is 18.1 Å². The highest BCUT2D eigenvalue weighted by molar-refractivity contribution is 9.10. The Bertz CT molecular complexity index is 657. The summed E-state index contributed by atoms with van der Waals surface area (Å²) < 4.78 is 1.75. The van der Waals surface area contributed by atoms with Crippen LogP contribution in [0.5, 0.6) is 0 Å². The van der Waals surface area contributed by atoms with Crippen LogP contribution in [0.2, 0.25) is 5.02 Å². The number of hydrogen-bond acceptors (Lipinski definition) is 3. The van der Waals surface area contributed by atoms with Gasteiger partial charge < -0.3 is 5.32 Å². The van der Waals surface area contributed by atoms with Crippen molar-refractivity contribution in [1.29, 1.82) is 0 Å². The Balaban J connectivity index is 2.27. The summed E-state index contributed by atoms with van der Waals surface area (Å²) in [6.45, 7) is 2.00. The van der Waals surface area contributed by atoms with Gasteiger partial charge in [0.2, 0.25) is 0 Å². The summed E-state index contributed by atoms with van der Waals surface area (Å²) in [5, 5.41) is 7.92. The Morgan fingerprint density at radius 1 is 1.47 bits per heavy atom. The molecule has 0 saturated heterocycles. The molecule has 0 spiro atoms. The average molecular weight is 343 g/mol. The molecule has 1 N–H and O–H groups in total. The molecular weight excluding hydrogens is 330 g/mol. The molecule has 2 rings (SSSR count). The lowest BCUT2D eigenvalue weighted by molar-refractivity contribution is 0.701. The summed E-state index contributed by atoms with van der Waals surface area (Å²) in [7, 11) is 1.61. The lowest BCUT2D eigenvalue weighted by Crippen LogP contribution is -2.22. The lowest BCUT2D eigenvalue weighted by Gasteiger charge is -2.16. The first-order valence-electron chi connectivity index (χ1n) is 5.73. The molecule has 1 aromatic carbocycles. The first-order chi connectivity index (χ1) is 8.99. The first-order valence-corrected chi connectivity index (χ1v) is 6.90. The van der Waals surface area contributed by atoms with Gasteiger partial charge in [0.15, 0.2) is 0 Å². The van der Waals surface area contributed by atoms with Crippen molar-refractivity contribution in [2.45, 2.75) is 13.0 Å². The third-order valence-corrected chi connectivity index (χ3v) is 3.80. The van der Waals surface area contributed by atoms with Gasteiger partial charge in [-0.1, -0.05) is 23.7 Å². The smallest absolute Gasteiger partial charge is 0.282 e. The first kappa shape index (κ1) is 14.1. The Kier molecular flexibility index (Phi) is 4.27. The van der Waals surface area contributed by atoms with Crippen molar-refractivity contribution in [1.82, 2.24) is 9.78 Å². The minimum atomic E-state index is -0.178. The van der Waals surface area contributed by atoms with Crippen LogP contribution in [-0.2, 0) is 7.05 Å². The van der Waals surface area contributed by atoms with E-state index >= 15 is 0 Å². The second kappa shape index (κ2) is 5.75. The van der Waals surface area contributed by atoms with Crippen molar-refractivity contribution in [3.8, 4) is 0 Å². The molecule has 0 saturated carbocycles. The van der Waals surface area contributed by atoms with E-state index in [9.17, 15) is 4.79 Å². The van der Waals surface area contributed by atoms with E-state index in [0.717, 1.165) is 5.56 Å². The van der Waals surface area contributed by atoms with Crippen molar-refractivity contribution in [2.24, 2.45) is 7.05 Å². The largest absolute Gasteiger partial charge is 0.376 e. The maximum absolute atomic E-state index is 11.8. The van der Waals surface area contributed by atoms with E-state index in [0.29, 0.717) is 15.2 Å². The highest BCUT2D eigenvalue weighted by Crippen LogP contribution is 2.24. The SMILES string of the molecule is CC(Nc1cnn(C)c(=O)c1Br)c1cccc(Cl)c1. The van der Waals surface area contributed by atoms with E-state index in [1.807, 2.05) is 31.2 Å². The van der Waals surface area contributed by atoms with E-state index in [2.05, 4.69) is 26.3 Å². The zero-order valence-electron chi connectivity index (χ0n) is 10.5. The van der Waals surface area contributed by atoms with Crippen LogP contribution in [-0.4, -0.2) is 9.78 Å². The molecule has 0 aliphatic carbocycles. The van der Waals surface area contributed by atoms with Gasteiger partial charge in [-0.3, -0.25) is 4.79 Å². The molecule has 2 aromatic rings. The van der Waals surface area contributed by atoms with Crippen LogP contribution in [0.1, 0.15) is 18.5 Å². The summed E-state index contributed by atoms with van der Waals surface area (Å²) in [5.74, 6) is 0. The van der Waals surface area contributed by atoms with Gasteiger partial charge >= 0.3 is 0 Å². The van der Waals surface area contributed by atoms with E-state index in [1.165, 1.54) is 4.68 Å². The van der Waals surface area contributed by atoms with Gasteiger partial charge in [0.25, 0.3) is 5.56 Å².